The van der Waals surface area contributed by atoms with Crippen LogP contribution in [-0.2, 0) is 0 Å². The number of anilines is 1. The summed E-state index contributed by atoms with van der Waals surface area (Å²) in [5.41, 5.74) is 0.325. The first-order valence-corrected chi connectivity index (χ1v) is 8.58. The number of phenols is 1. The number of halogens is 1. The number of nitro benzene ring substituents is 1. The van der Waals surface area contributed by atoms with E-state index < -0.39 is 10.8 Å². The van der Waals surface area contributed by atoms with Crippen molar-refractivity contribution in [1.29, 1.82) is 0 Å². The van der Waals surface area contributed by atoms with Gasteiger partial charge in [0.15, 0.2) is 10.9 Å². The van der Waals surface area contributed by atoms with E-state index in [1.54, 1.807) is 6.07 Å². The number of carbonyl (C=O) groups excluding carboxylic acids is 1. The lowest BCUT2D eigenvalue weighted by Crippen LogP contribution is -2.33. The zero-order chi connectivity index (χ0) is 20.3. The maximum Gasteiger partial charge on any atom is 0.293 e. The zero-order valence-electron chi connectivity index (χ0n) is 14.0. The number of carbonyl (C=O) groups is 1. The van der Waals surface area contributed by atoms with Crippen LogP contribution in [0.4, 0.5) is 11.4 Å². The lowest BCUT2D eigenvalue weighted by atomic mass is 10.1. The summed E-state index contributed by atoms with van der Waals surface area (Å²) in [7, 11) is 0. The molecule has 0 atom stereocenters. The summed E-state index contributed by atoms with van der Waals surface area (Å²) in [6.45, 7) is 0. The summed E-state index contributed by atoms with van der Waals surface area (Å²) in [6, 6.07) is 13.2. The Kier molecular flexibility index (Phi) is 5.57. The van der Waals surface area contributed by atoms with Gasteiger partial charge in [0.2, 0.25) is 0 Å². The molecule has 28 heavy (non-hydrogen) atoms. The number of hydrogen-bond donors (Lipinski definition) is 3. The van der Waals surface area contributed by atoms with Crippen LogP contribution in [0.15, 0.2) is 59.0 Å². The maximum atomic E-state index is 12.3. The third kappa shape index (κ3) is 4.27. The van der Waals surface area contributed by atoms with E-state index in [9.17, 15) is 20.0 Å². The number of thiocarbonyl (C=S) groups is 1. The van der Waals surface area contributed by atoms with E-state index in [1.165, 1.54) is 48.5 Å². The largest absolute Gasteiger partial charge is 0.506 e. The van der Waals surface area contributed by atoms with Gasteiger partial charge >= 0.3 is 0 Å². The first-order valence-electron chi connectivity index (χ1n) is 7.79. The number of benzene rings is 2. The fourth-order valence-electron chi connectivity index (χ4n) is 2.37. The van der Waals surface area contributed by atoms with E-state index >= 15 is 0 Å². The van der Waals surface area contributed by atoms with Gasteiger partial charge in [-0.1, -0.05) is 23.7 Å². The molecule has 3 rings (SSSR count). The Hall–Kier alpha value is -3.43. The number of hydrogen-bond acceptors (Lipinski definition) is 6. The summed E-state index contributed by atoms with van der Waals surface area (Å²) >= 11 is 10.9. The van der Waals surface area contributed by atoms with Crippen molar-refractivity contribution in [2.45, 2.75) is 0 Å². The van der Waals surface area contributed by atoms with Crippen molar-refractivity contribution in [1.82, 2.24) is 5.32 Å². The minimum atomic E-state index is -0.663. The molecule has 0 radical (unpaired) electrons. The second-order valence-corrected chi connectivity index (χ2v) is 6.35. The van der Waals surface area contributed by atoms with Gasteiger partial charge in [-0.3, -0.25) is 20.2 Å². The van der Waals surface area contributed by atoms with Gasteiger partial charge in [0.05, 0.1) is 16.2 Å². The van der Waals surface area contributed by atoms with E-state index in [0.29, 0.717) is 5.02 Å². The topological polar surface area (TPSA) is 118 Å². The second-order valence-electron chi connectivity index (χ2n) is 5.51. The van der Waals surface area contributed by atoms with Crippen LogP contribution in [0.2, 0.25) is 5.02 Å². The van der Waals surface area contributed by atoms with Gasteiger partial charge in [-0.15, -0.1) is 0 Å². The molecule has 0 aliphatic carbocycles. The molecule has 0 spiro atoms. The Morgan fingerprint density at radius 3 is 2.68 bits per heavy atom. The smallest absolute Gasteiger partial charge is 0.293 e. The molecule has 3 N–H and O–H groups in total. The number of rotatable bonds is 4. The van der Waals surface area contributed by atoms with Crippen molar-refractivity contribution in [2.75, 3.05) is 5.32 Å². The quantitative estimate of drug-likeness (QED) is 0.250. The number of para-hydroxylation sites is 1. The second kappa shape index (κ2) is 8.07. The van der Waals surface area contributed by atoms with Crippen molar-refractivity contribution < 1.29 is 19.2 Å². The monoisotopic (exact) mass is 417 g/mol. The molecule has 0 saturated carbocycles. The zero-order valence-corrected chi connectivity index (χ0v) is 15.6. The van der Waals surface area contributed by atoms with Crippen molar-refractivity contribution in [2.24, 2.45) is 0 Å². The number of furan rings is 1. The highest BCUT2D eigenvalue weighted by atomic mass is 35.5. The molecule has 0 fully saturated rings. The van der Waals surface area contributed by atoms with Crippen molar-refractivity contribution in [3.8, 4) is 17.1 Å². The standard InChI is InChI=1S/C18H12ClN3O5S/c19-10-5-6-14(23)12(9-10)20-18(28)21-17(24)16-8-7-15(27-16)11-3-1-2-4-13(11)22(25)26/h1-9,23H,(H2,20,21,24,28). The molecule has 0 saturated heterocycles. The Bertz CT molecular complexity index is 1080. The number of nitrogens with zero attached hydrogens (tertiary/aromatic N) is 1. The third-order valence-corrected chi connectivity index (χ3v) is 4.07. The maximum absolute atomic E-state index is 12.3. The molecule has 0 aliphatic rings. The van der Waals surface area contributed by atoms with Gasteiger partial charge < -0.3 is 14.8 Å². The molecule has 3 aromatic rings. The van der Waals surface area contributed by atoms with Crippen molar-refractivity contribution >= 4 is 46.2 Å². The number of phenolic OH excluding ortho intramolecular Hbond substituents is 1. The Morgan fingerprint density at radius 1 is 1.18 bits per heavy atom. The fourth-order valence-corrected chi connectivity index (χ4v) is 2.75. The lowest BCUT2D eigenvalue weighted by molar-refractivity contribution is -0.384. The molecular weight excluding hydrogens is 406 g/mol. The fraction of sp³-hybridized carbons (Fsp3) is 0. The molecule has 1 heterocycles. The van der Waals surface area contributed by atoms with E-state index in [2.05, 4.69) is 10.6 Å². The van der Waals surface area contributed by atoms with Gasteiger partial charge in [0, 0.05) is 11.1 Å². The molecule has 0 aliphatic heterocycles. The van der Waals surface area contributed by atoms with Gasteiger partial charge in [-0.05, 0) is 48.6 Å². The van der Waals surface area contributed by atoms with Crippen LogP contribution in [0.5, 0.6) is 5.75 Å². The summed E-state index contributed by atoms with van der Waals surface area (Å²) in [5, 5.41) is 26.2. The molecule has 1 amide bonds. The average molecular weight is 418 g/mol. The van der Waals surface area contributed by atoms with Crippen molar-refractivity contribution in [3.05, 3.63) is 75.5 Å². The van der Waals surface area contributed by atoms with E-state index in [1.807, 2.05) is 0 Å². The van der Waals surface area contributed by atoms with Crippen LogP contribution in [0.25, 0.3) is 11.3 Å². The molecule has 2 aromatic carbocycles. The predicted octanol–water partition coefficient (Wildman–Crippen LogP) is 4.34. The van der Waals surface area contributed by atoms with Crippen LogP contribution in [0.3, 0.4) is 0 Å². The molecular formula is C18H12ClN3O5S. The molecule has 1 aromatic heterocycles. The first-order chi connectivity index (χ1) is 13.3. The van der Waals surface area contributed by atoms with E-state index in [-0.39, 0.29) is 39.3 Å². The number of aromatic hydroxyl groups is 1. The molecule has 8 nitrogen and oxygen atoms in total. The van der Waals surface area contributed by atoms with Crippen LogP contribution in [0, 0.1) is 10.1 Å². The summed E-state index contributed by atoms with van der Waals surface area (Å²) < 4.78 is 5.44. The number of amides is 1. The minimum absolute atomic E-state index is 0.0902. The minimum Gasteiger partial charge on any atom is -0.506 e. The SMILES string of the molecule is O=C(NC(=S)Nc1cc(Cl)ccc1O)c1ccc(-c2ccccc2[N+](=O)[O-])o1. The molecule has 142 valence electrons. The summed E-state index contributed by atoms with van der Waals surface area (Å²) in [5.74, 6) is -0.682. The highest BCUT2D eigenvalue weighted by Crippen LogP contribution is 2.31. The summed E-state index contributed by atoms with van der Waals surface area (Å²) in [6.07, 6.45) is 0. The van der Waals surface area contributed by atoms with E-state index in [4.69, 9.17) is 28.2 Å². The van der Waals surface area contributed by atoms with Gasteiger partial charge in [0.25, 0.3) is 11.6 Å². The average Bonchev–Trinajstić information content (AvgIpc) is 3.15. The number of nitrogens with one attached hydrogen (secondary N) is 2. The third-order valence-electron chi connectivity index (χ3n) is 3.63. The Morgan fingerprint density at radius 2 is 1.93 bits per heavy atom. The van der Waals surface area contributed by atoms with Crippen LogP contribution >= 0.6 is 23.8 Å². The van der Waals surface area contributed by atoms with Gasteiger partial charge in [0.1, 0.15) is 11.5 Å². The molecule has 0 bridgehead atoms. The van der Waals surface area contributed by atoms with Crippen LogP contribution in [0.1, 0.15) is 10.6 Å². The van der Waals surface area contributed by atoms with Crippen molar-refractivity contribution in [3.63, 3.8) is 0 Å². The lowest BCUT2D eigenvalue weighted by Gasteiger charge is -2.10. The molecule has 10 heteroatoms. The van der Waals surface area contributed by atoms with E-state index in [0.717, 1.165) is 0 Å². The van der Waals surface area contributed by atoms with Gasteiger partial charge in [-0.25, -0.2) is 0 Å². The molecule has 0 unspecified atom stereocenters. The number of nitro groups is 1. The van der Waals surface area contributed by atoms with Crippen LogP contribution in [-0.4, -0.2) is 21.0 Å². The first kappa shape index (κ1) is 19.3. The summed E-state index contributed by atoms with van der Waals surface area (Å²) in [4.78, 5) is 22.9. The predicted molar refractivity (Wildman–Crippen MR) is 108 cm³/mol. The Labute approximate surface area is 168 Å². The highest BCUT2D eigenvalue weighted by molar-refractivity contribution is 7.80. The van der Waals surface area contributed by atoms with Crippen LogP contribution < -0.4 is 10.6 Å². The normalized spacial score (nSPS) is 10.3. The highest BCUT2D eigenvalue weighted by Gasteiger charge is 2.19. The Balaban J connectivity index is 1.73. The van der Waals surface area contributed by atoms with Gasteiger partial charge in [-0.2, -0.15) is 0 Å².